The number of hydrogen-bond donors (Lipinski definition) is 0. The van der Waals surface area contributed by atoms with Gasteiger partial charge >= 0.3 is 0 Å². The lowest BCUT2D eigenvalue weighted by Crippen LogP contribution is -2.10. The van der Waals surface area contributed by atoms with E-state index in [2.05, 4.69) is 6.07 Å². The lowest BCUT2D eigenvalue weighted by atomic mass is 9.89. The van der Waals surface area contributed by atoms with Crippen molar-refractivity contribution in [3.05, 3.63) is 39.0 Å². The summed E-state index contributed by atoms with van der Waals surface area (Å²) < 4.78 is 0. The molecular weight excluding hydrogens is 279 g/mol. The van der Waals surface area contributed by atoms with E-state index in [9.17, 15) is 0 Å². The molecule has 0 spiro atoms. The van der Waals surface area contributed by atoms with Crippen LogP contribution in [0.2, 0.25) is 10.0 Å². The third-order valence-electron chi connectivity index (χ3n) is 3.65. The minimum atomic E-state index is 0.378. The number of benzene rings is 1. The van der Waals surface area contributed by atoms with Crippen molar-refractivity contribution in [2.45, 2.75) is 32.1 Å². The average molecular weight is 291 g/mol. The summed E-state index contributed by atoms with van der Waals surface area (Å²) in [6.45, 7) is 0. The molecular formula is C15H12Cl2N2. The van der Waals surface area contributed by atoms with Crippen molar-refractivity contribution in [1.82, 2.24) is 4.98 Å². The number of nitrogens with zero attached hydrogens (tertiary/aromatic N) is 2. The van der Waals surface area contributed by atoms with Crippen LogP contribution in [-0.4, -0.2) is 4.98 Å². The molecule has 96 valence electrons. The van der Waals surface area contributed by atoms with Crippen molar-refractivity contribution in [3.8, 4) is 6.07 Å². The Kier molecular flexibility index (Phi) is 3.35. The van der Waals surface area contributed by atoms with Crippen LogP contribution in [0.3, 0.4) is 0 Å². The highest BCUT2D eigenvalue weighted by Gasteiger charge is 2.19. The number of halogens is 2. The Balaban J connectivity index is 2.39. The van der Waals surface area contributed by atoms with E-state index in [1.54, 1.807) is 6.07 Å². The molecule has 1 aromatic carbocycles. The predicted octanol–water partition coefficient (Wildman–Crippen LogP) is 4.49. The van der Waals surface area contributed by atoms with Crippen molar-refractivity contribution < 1.29 is 0 Å². The van der Waals surface area contributed by atoms with Crippen molar-refractivity contribution in [2.24, 2.45) is 0 Å². The lowest BCUT2D eigenvalue weighted by molar-refractivity contribution is 0.666. The summed E-state index contributed by atoms with van der Waals surface area (Å²) in [6, 6.07) is 5.81. The van der Waals surface area contributed by atoms with E-state index in [4.69, 9.17) is 33.4 Å². The number of aryl methyl sites for hydroxylation is 1. The van der Waals surface area contributed by atoms with Gasteiger partial charge < -0.3 is 0 Å². The van der Waals surface area contributed by atoms with Gasteiger partial charge in [0.25, 0.3) is 0 Å². The molecule has 1 aromatic heterocycles. The van der Waals surface area contributed by atoms with Crippen LogP contribution >= 0.6 is 23.2 Å². The van der Waals surface area contributed by atoms with Crippen molar-refractivity contribution >= 4 is 34.1 Å². The third-order valence-corrected chi connectivity index (χ3v) is 4.17. The highest BCUT2D eigenvalue weighted by Crippen LogP contribution is 2.35. The fraction of sp³-hybridized carbons (Fsp3) is 0.333. The lowest BCUT2D eigenvalue weighted by Gasteiger charge is -2.20. The SMILES string of the molecule is N#CCc1c2c(nc3cc(Cl)cc(Cl)c13)CCCC2. The number of rotatable bonds is 1. The van der Waals surface area contributed by atoms with E-state index in [1.807, 2.05) is 6.07 Å². The highest BCUT2D eigenvalue weighted by molar-refractivity contribution is 6.38. The van der Waals surface area contributed by atoms with E-state index >= 15 is 0 Å². The van der Waals surface area contributed by atoms with E-state index in [-0.39, 0.29) is 0 Å². The number of aromatic nitrogens is 1. The van der Waals surface area contributed by atoms with Crippen LogP contribution in [0.5, 0.6) is 0 Å². The number of pyridine rings is 1. The molecule has 0 unspecified atom stereocenters. The van der Waals surface area contributed by atoms with Crippen LogP contribution in [0.1, 0.15) is 29.7 Å². The standard InChI is InChI=1S/C15H12Cl2N2/c16-9-7-12(17)15-11(5-6-18)10-3-1-2-4-13(10)19-14(15)8-9/h7-8H,1-5H2. The van der Waals surface area contributed by atoms with Gasteiger partial charge in [0.2, 0.25) is 0 Å². The second kappa shape index (κ2) is 5.00. The average Bonchev–Trinajstić information content (AvgIpc) is 2.38. The van der Waals surface area contributed by atoms with E-state index in [0.717, 1.165) is 47.8 Å². The van der Waals surface area contributed by atoms with Crippen LogP contribution in [0, 0.1) is 11.3 Å². The first-order chi connectivity index (χ1) is 9.20. The maximum absolute atomic E-state index is 9.09. The number of fused-ring (bicyclic) bond motifs is 2. The zero-order valence-corrected chi connectivity index (χ0v) is 11.9. The van der Waals surface area contributed by atoms with Crippen molar-refractivity contribution in [3.63, 3.8) is 0 Å². The molecule has 19 heavy (non-hydrogen) atoms. The topological polar surface area (TPSA) is 36.7 Å². The summed E-state index contributed by atoms with van der Waals surface area (Å²) in [5, 5.41) is 11.2. The van der Waals surface area contributed by atoms with Gasteiger partial charge in [-0.3, -0.25) is 4.98 Å². The maximum Gasteiger partial charge on any atom is 0.0738 e. The normalized spacial score (nSPS) is 14.2. The summed E-state index contributed by atoms with van der Waals surface area (Å²) in [4.78, 5) is 4.70. The maximum atomic E-state index is 9.09. The zero-order valence-electron chi connectivity index (χ0n) is 10.3. The molecule has 0 radical (unpaired) electrons. The molecule has 3 rings (SSSR count). The van der Waals surface area contributed by atoms with Gasteiger partial charge in [0.1, 0.15) is 0 Å². The van der Waals surface area contributed by atoms with Gasteiger partial charge in [-0.25, -0.2) is 0 Å². The van der Waals surface area contributed by atoms with Gasteiger partial charge in [-0.15, -0.1) is 0 Å². The molecule has 2 aromatic rings. The molecule has 0 saturated heterocycles. The Labute approximate surface area is 122 Å². The summed E-state index contributed by atoms with van der Waals surface area (Å²) in [7, 11) is 0. The Morgan fingerprint density at radius 1 is 1.21 bits per heavy atom. The Hall–Kier alpha value is -1.30. The van der Waals surface area contributed by atoms with Crippen LogP contribution in [0.15, 0.2) is 12.1 Å². The first-order valence-corrected chi connectivity index (χ1v) is 7.12. The summed E-state index contributed by atoms with van der Waals surface area (Å²) in [6.07, 6.45) is 4.67. The summed E-state index contributed by atoms with van der Waals surface area (Å²) in [5.74, 6) is 0. The molecule has 0 fully saturated rings. The highest BCUT2D eigenvalue weighted by atomic mass is 35.5. The van der Waals surface area contributed by atoms with Gasteiger partial charge in [0.05, 0.1) is 23.0 Å². The smallest absolute Gasteiger partial charge is 0.0738 e. The van der Waals surface area contributed by atoms with Crippen LogP contribution in [0.25, 0.3) is 10.9 Å². The first-order valence-electron chi connectivity index (χ1n) is 6.37. The molecule has 0 amide bonds. The second-order valence-corrected chi connectivity index (χ2v) is 5.68. The van der Waals surface area contributed by atoms with Crippen LogP contribution in [0.4, 0.5) is 0 Å². The summed E-state index contributed by atoms with van der Waals surface area (Å²) in [5.41, 5.74) is 4.19. The molecule has 0 bridgehead atoms. The van der Waals surface area contributed by atoms with Crippen LogP contribution in [-0.2, 0) is 19.3 Å². The van der Waals surface area contributed by atoms with Crippen LogP contribution < -0.4 is 0 Å². The van der Waals surface area contributed by atoms with E-state index in [0.29, 0.717) is 16.5 Å². The Bertz CT molecular complexity index is 702. The van der Waals surface area contributed by atoms with Gasteiger partial charge in [-0.2, -0.15) is 5.26 Å². The van der Waals surface area contributed by atoms with E-state index < -0.39 is 0 Å². The molecule has 0 aliphatic heterocycles. The molecule has 0 saturated carbocycles. The Morgan fingerprint density at radius 3 is 2.79 bits per heavy atom. The van der Waals surface area contributed by atoms with Crippen molar-refractivity contribution in [1.29, 1.82) is 5.26 Å². The molecule has 0 N–H and O–H groups in total. The molecule has 1 aliphatic carbocycles. The molecule has 1 heterocycles. The van der Waals surface area contributed by atoms with Gasteiger partial charge in [0.15, 0.2) is 0 Å². The fourth-order valence-corrected chi connectivity index (χ4v) is 3.45. The molecule has 2 nitrogen and oxygen atoms in total. The first kappa shape index (κ1) is 12.7. The second-order valence-electron chi connectivity index (χ2n) is 4.84. The molecule has 4 heteroatoms. The zero-order chi connectivity index (χ0) is 13.4. The largest absolute Gasteiger partial charge is 0.252 e. The minimum Gasteiger partial charge on any atom is -0.252 e. The molecule has 1 aliphatic rings. The monoisotopic (exact) mass is 290 g/mol. The third kappa shape index (κ3) is 2.18. The Morgan fingerprint density at radius 2 is 2.00 bits per heavy atom. The quantitative estimate of drug-likeness (QED) is 0.776. The van der Waals surface area contributed by atoms with Gasteiger partial charge in [0, 0.05) is 16.1 Å². The minimum absolute atomic E-state index is 0.378. The predicted molar refractivity (Wildman–Crippen MR) is 77.7 cm³/mol. The number of hydrogen-bond acceptors (Lipinski definition) is 2. The van der Waals surface area contributed by atoms with Gasteiger partial charge in [-0.05, 0) is 48.9 Å². The van der Waals surface area contributed by atoms with Gasteiger partial charge in [-0.1, -0.05) is 23.2 Å². The van der Waals surface area contributed by atoms with Crippen molar-refractivity contribution in [2.75, 3.05) is 0 Å². The number of nitriles is 1. The molecule has 0 atom stereocenters. The summed E-state index contributed by atoms with van der Waals surface area (Å²) >= 11 is 12.4. The van der Waals surface area contributed by atoms with E-state index in [1.165, 1.54) is 5.56 Å². The fourth-order valence-electron chi connectivity index (χ4n) is 2.86.